The highest BCUT2D eigenvalue weighted by molar-refractivity contribution is 5.64. The number of carboxylic acid groups (broad SMARTS) is 1. The maximum Gasteiger partial charge on any atom is 0.424 e. The summed E-state index contributed by atoms with van der Waals surface area (Å²) in [7, 11) is 0. The molecule has 1 atom stereocenters. The summed E-state index contributed by atoms with van der Waals surface area (Å²) in [6.07, 6.45) is -7.04. The van der Waals surface area contributed by atoms with Crippen LogP contribution in [0.2, 0.25) is 0 Å². The molecule has 1 heterocycles. The number of aliphatic hydroxyl groups is 2. The summed E-state index contributed by atoms with van der Waals surface area (Å²) in [5.74, 6) is -0.569. The summed E-state index contributed by atoms with van der Waals surface area (Å²) in [6.45, 7) is 1.24. The van der Waals surface area contributed by atoms with E-state index in [9.17, 15) is 32.6 Å². The predicted octanol–water partition coefficient (Wildman–Crippen LogP) is 3.13. The van der Waals surface area contributed by atoms with E-state index in [4.69, 9.17) is 5.11 Å². The van der Waals surface area contributed by atoms with Crippen LogP contribution in [0.4, 0.5) is 22.4 Å². The van der Waals surface area contributed by atoms with E-state index in [1.54, 1.807) is 0 Å². The van der Waals surface area contributed by atoms with E-state index in [1.807, 2.05) is 0 Å². The van der Waals surface area contributed by atoms with Crippen LogP contribution >= 0.6 is 0 Å². The maximum atomic E-state index is 13.6. The number of aromatic nitrogens is 1. The Kier molecular flexibility index (Phi) is 5.67. The molecule has 2 rings (SSSR count). The zero-order chi connectivity index (χ0) is 21.3. The highest BCUT2D eigenvalue weighted by Crippen LogP contribution is 2.40. The van der Waals surface area contributed by atoms with Gasteiger partial charge in [0.2, 0.25) is 5.60 Å². The highest BCUT2D eigenvalue weighted by Gasteiger charge is 2.56. The lowest BCUT2D eigenvalue weighted by atomic mass is 9.90. The molecule has 6 nitrogen and oxygen atoms in total. The molecular weight excluding hydrogens is 384 g/mol. The van der Waals surface area contributed by atoms with Crippen LogP contribution in [0, 0.1) is 5.82 Å². The minimum atomic E-state index is -5.28. The van der Waals surface area contributed by atoms with Crippen molar-refractivity contribution in [2.75, 3.05) is 6.54 Å². The summed E-state index contributed by atoms with van der Waals surface area (Å²) in [5, 5.41) is 30.7. The first-order valence-electron chi connectivity index (χ1n) is 8.01. The minimum absolute atomic E-state index is 0.00479. The van der Waals surface area contributed by atoms with E-state index < -0.39 is 41.5 Å². The number of nitrogens with one attached hydrogen (secondary N) is 1. The average Bonchev–Trinajstić information content (AvgIpc) is 2.58. The summed E-state index contributed by atoms with van der Waals surface area (Å²) >= 11 is 0. The largest absolute Gasteiger partial charge is 0.465 e. The number of amides is 1. The third-order valence-electron chi connectivity index (χ3n) is 4.06. The van der Waals surface area contributed by atoms with Crippen LogP contribution in [-0.4, -0.2) is 39.1 Å². The first-order chi connectivity index (χ1) is 12.7. The molecule has 2 aromatic rings. The molecule has 0 aliphatic rings. The van der Waals surface area contributed by atoms with Crippen molar-refractivity contribution in [2.45, 2.75) is 31.2 Å². The Hall–Kier alpha value is -2.72. The molecule has 0 aliphatic heterocycles. The molecule has 1 aromatic carbocycles. The number of hydrogen-bond donors (Lipinski definition) is 4. The Labute approximate surface area is 157 Å². The molecule has 0 fully saturated rings. The fourth-order valence-corrected chi connectivity index (χ4v) is 2.40. The quantitative estimate of drug-likeness (QED) is 0.576. The molecule has 0 radical (unpaired) electrons. The van der Waals surface area contributed by atoms with Crippen LogP contribution in [0.3, 0.4) is 0 Å². The maximum absolute atomic E-state index is 13.6. The first kappa shape index (κ1) is 21.6. The normalized spacial score (nSPS) is 14.4. The molecule has 10 heteroatoms. The molecule has 1 aromatic heterocycles. The number of carbonyl (C=O) groups is 1. The van der Waals surface area contributed by atoms with Gasteiger partial charge in [-0.25, -0.2) is 14.2 Å². The van der Waals surface area contributed by atoms with Crippen molar-refractivity contribution in [1.82, 2.24) is 10.3 Å². The molecule has 0 spiro atoms. The molecule has 0 aliphatic carbocycles. The van der Waals surface area contributed by atoms with Crippen molar-refractivity contribution in [3.8, 4) is 11.3 Å². The van der Waals surface area contributed by atoms with Gasteiger partial charge in [0.25, 0.3) is 0 Å². The molecule has 0 bridgehead atoms. The van der Waals surface area contributed by atoms with Crippen LogP contribution in [-0.2, 0) is 11.2 Å². The zero-order valence-corrected chi connectivity index (χ0v) is 14.9. The lowest BCUT2D eigenvalue weighted by molar-refractivity contribution is -0.265. The molecule has 0 saturated carbocycles. The summed E-state index contributed by atoms with van der Waals surface area (Å²) in [5.41, 5.74) is -5.99. The van der Waals surface area contributed by atoms with Crippen molar-refractivity contribution in [2.24, 2.45) is 0 Å². The van der Waals surface area contributed by atoms with Crippen molar-refractivity contribution in [1.29, 1.82) is 0 Å². The van der Waals surface area contributed by atoms with E-state index in [2.05, 4.69) is 4.98 Å². The molecular formula is C18H18F4N2O4. The van der Waals surface area contributed by atoms with E-state index >= 15 is 0 Å². The molecule has 0 saturated heterocycles. The fraction of sp³-hybridized carbons (Fsp3) is 0.333. The third kappa shape index (κ3) is 4.57. The van der Waals surface area contributed by atoms with Gasteiger partial charge in [-0.15, -0.1) is 0 Å². The standard InChI is InChI=1S/C18H18F4N2O4/c1-16(2,27)11-7-13(10-3-5-12(19)6-4-10)24-14(8-11)17(28,18(20,21)22)9-23-15(25)26/h3-8,23,27-28H,9H2,1-2H3,(H,25,26). The lowest BCUT2D eigenvalue weighted by Gasteiger charge is -2.31. The SMILES string of the molecule is CC(C)(O)c1cc(-c2ccc(F)cc2)nc(C(O)(CNC(=O)O)C(F)(F)F)c1. The summed E-state index contributed by atoms with van der Waals surface area (Å²) < 4.78 is 54.0. The van der Waals surface area contributed by atoms with E-state index in [1.165, 1.54) is 37.4 Å². The third-order valence-corrected chi connectivity index (χ3v) is 4.06. The van der Waals surface area contributed by atoms with Crippen LogP contribution in [0.15, 0.2) is 36.4 Å². The smallest absolute Gasteiger partial charge is 0.424 e. The van der Waals surface area contributed by atoms with Crippen molar-refractivity contribution >= 4 is 6.09 Å². The topological polar surface area (TPSA) is 103 Å². The van der Waals surface area contributed by atoms with Gasteiger partial charge in [-0.2, -0.15) is 13.2 Å². The molecule has 1 unspecified atom stereocenters. The van der Waals surface area contributed by atoms with Gasteiger partial charge in [-0.05, 0) is 55.8 Å². The Bertz CT molecular complexity index is 863. The van der Waals surface area contributed by atoms with Crippen LogP contribution in [0.1, 0.15) is 25.1 Å². The van der Waals surface area contributed by atoms with Crippen molar-refractivity contribution in [3.63, 3.8) is 0 Å². The number of halogens is 4. The monoisotopic (exact) mass is 402 g/mol. The Morgan fingerprint density at radius 2 is 1.68 bits per heavy atom. The van der Waals surface area contributed by atoms with Gasteiger partial charge in [0, 0.05) is 5.56 Å². The highest BCUT2D eigenvalue weighted by atomic mass is 19.4. The number of benzene rings is 1. The molecule has 152 valence electrons. The van der Waals surface area contributed by atoms with Crippen LogP contribution in [0.25, 0.3) is 11.3 Å². The van der Waals surface area contributed by atoms with Gasteiger partial charge in [-0.3, -0.25) is 0 Å². The van der Waals surface area contributed by atoms with Crippen molar-refractivity contribution < 1.29 is 37.7 Å². The van der Waals surface area contributed by atoms with Gasteiger partial charge in [0.05, 0.1) is 23.5 Å². The van der Waals surface area contributed by atoms with Crippen molar-refractivity contribution in [3.05, 3.63) is 53.5 Å². The van der Waals surface area contributed by atoms with Gasteiger partial charge >= 0.3 is 12.3 Å². The summed E-state index contributed by atoms with van der Waals surface area (Å²) in [6, 6.07) is 6.86. The van der Waals surface area contributed by atoms with Gasteiger partial charge < -0.3 is 20.6 Å². The van der Waals surface area contributed by atoms with Gasteiger partial charge in [0.15, 0.2) is 0 Å². The van der Waals surface area contributed by atoms with Gasteiger partial charge in [0.1, 0.15) is 5.82 Å². The number of pyridine rings is 1. The number of nitrogens with zero attached hydrogens (tertiary/aromatic N) is 1. The van der Waals surface area contributed by atoms with E-state index in [0.29, 0.717) is 0 Å². The Balaban J connectivity index is 2.71. The van der Waals surface area contributed by atoms with E-state index in [-0.39, 0.29) is 16.8 Å². The fourth-order valence-electron chi connectivity index (χ4n) is 2.40. The number of hydrogen-bond acceptors (Lipinski definition) is 4. The minimum Gasteiger partial charge on any atom is -0.465 e. The number of alkyl halides is 3. The van der Waals surface area contributed by atoms with Crippen LogP contribution < -0.4 is 5.32 Å². The average molecular weight is 402 g/mol. The van der Waals surface area contributed by atoms with E-state index in [0.717, 1.165) is 18.2 Å². The lowest BCUT2D eigenvalue weighted by Crippen LogP contribution is -2.51. The second kappa shape index (κ2) is 7.36. The molecule has 4 N–H and O–H groups in total. The molecule has 1 amide bonds. The van der Waals surface area contributed by atoms with Crippen LogP contribution in [0.5, 0.6) is 0 Å². The second-order valence-electron chi connectivity index (χ2n) is 6.71. The van der Waals surface area contributed by atoms with Gasteiger partial charge in [-0.1, -0.05) is 0 Å². The predicted molar refractivity (Wildman–Crippen MR) is 90.9 cm³/mol. The number of rotatable bonds is 5. The Morgan fingerprint density at radius 1 is 1.11 bits per heavy atom. The Morgan fingerprint density at radius 3 is 2.14 bits per heavy atom. The first-order valence-corrected chi connectivity index (χ1v) is 8.01. The summed E-state index contributed by atoms with van der Waals surface area (Å²) in [4.78, 5) is 14.5. The second-order valence-corrected chi connectivity index (χ2v) is 6.71. The molecule has 28 heavy (non-hydrogen) atoms. The zero-order valence-electron chi connectivity index (χ0n) is 14.9.